The Hall–Kier alpha value is -2.36. The summed E-state index contributed by atoms with van der Waals surface area (Å²) in [6.45, 7) is 0. The van der Waals surface area contributed by atoms with Gasteiger partial charge < -0.3 is 4.98 Å². The topological polar surface area (TPSA) is 56.6 Å². The number of fused-ring (bicyclic) bond motifs is 1. The molecule has 1 aromatic carbocycles. The quantitative estimate of drug-likeness (QED) is 0.436. The van der Waals surface area contributed by atoms with Gasteiger partial charge in [-0.2, -0.15) is 5.26 Å². The van der Waals surface area contributed by atoms with E-state index in [4.69, 9.17) is 5.26 Å². The van der Waals surface area contributed by atoms with Crippen molar-refractivity contribution < 1.29 is 17.6 Å². The van der Waals surface area contributed by atoms with Crippen LogP contribution in [0.5, 0.6) is 0 Å². The summed E-state index contributed by atoms with van der Waals surface area (Å²) in [4.78, 5) is 12.9. The minimum Gasteiger partial charge on any atom is -0.318 e. The number of nitrogens with zero attached hydrogens (tertiary/aromatic N) is 1. The number of nitrogens with one attached hydrogen (secondary N) is 1. The van der Waals surface area contributed by atoms with Crippen molar-refractivity contribution in [3.63, 3.8) is 0 Å². The summed E-state index contributed by atoms with van der Waals surface area (Å²) in [7, 11) is 0. The molecular weight excluding hydrogens is 240 g/mol. The summed E-state index contributed by atoms with van der Waals surface area (Å²) in [6.07, 6.45) is 0. The van der Waals surface area contributed by atoms with Crippen molar-refractivity contribution in [2.45, 2.75) is 0 Å². The van der Waals surface area contributed by atoms with Gasteiger partial charge >= 0.3 is 0 Å². The van der Waals surface area contributed by atoms with Crippen LogP contribution in [0, 0.1) is 34.6 Å². The molecule has 0 aliphatic heterocycles. The Bertz CT molecular complexity index is 730. The van der Waals surface area contributed by atoms with Crippen LogP contribution in [0.2, 0.25) is 0 Å². The maximum Gasteiger partial charge on any atom is 0.266 e. The highest BCUT2D eigenvalue weighted by Crippen LogP contribution is 2.24. The van der Waals surface area contributed by atoms with E-state index in [0.29, 0.717) is 6.07 Å². The molecular formula is C10H2F4N2O. The van der Waals surface area contributed by atoms with E-state index >= 15 is 0 Å². The number of hydrogen-bond acceptors (Lipinski definition) is 2. The van der Waals surface area contributed by atoms with Gasteiger partial charge in [-0.15, -0.1) is 0 Å². The van der Waals surface area contributed by atoms with Crippen molar-refractivity contribution in [3.05, 3.63) is 45.3 Å². The third-order valence-corrected chi connectivity index (χ3v) is 2.20. The first-order valence-electron chi connectivity index (χ1n) is 4.26. The van der Waals surface area contributed by atoms with Gasteiger partial charge in [-0.1, -0.05) is 0 Å². The van der Waals surface area contributed by atoms with Crippen molar-refractivity contribution in [1.29, 1.82) is 5.26 Å². The number of aromatic nitrogens is 1. The average Bonchev–Trinajstić information content (AvgIpc) is 2.33. The van der Waals surface area contributed by atoms with Gasteiger partial charge in [-0.05, 0) is 6.07 Å². The molecule has 0 aliphatic rings. The molecule has 0 saturated heterocycles. The average molecular weight is 242 g/mol. The third kappa shape index (κ3) is 1.45. The number of nitriles is 1. The first kappa shape index (κ1) is 11.1. The zero-order valence-corrected chi connectivity index (χ0v) is 7.94. The van der Waals surface area contributed by atoms with Gasteiger partial charge in [-0.25, -0.2) is 17.6 Å². The number of hydrogen-bond donors (Lipinski definition) is 1. The lowest BCUT2D eigenvalue weighted by atomic mass is 10.1. The van der Waals surface area contributed by atoms with E-state index in [1.807, 2.05) is 0 Å². The van der Waals surface area contributed by atoms with Crippen LogP contribution in [0.15, 0.2) is 10.9 Å². The molecule has 0 atom stereocenters. The lowest BCUT2D eigenvalue weighted by Crippen LogP contribution is -2.12. The lowest BCUT2D eigenvalue weighted by molar-refractivity contribution is 0.417. The van der Waals surface area contributed by atoms with Crippen LogP contribution in [-0.2, 0) is 0 Å². The molecule has 0 radical (unpaired) electrons. The summed E-state index contributed by atoms with van der Waals surface area (Å²) in [5.74, 6) is -7.38. The molecule has 0 fully saturated rings. The first-order chi connectivity index (χ1) is 7.97. The molecule has 0 amide bonds. The Labute approximate surface area is 90.9 Å². The van der Waals surface area contributed by atoms with E-state index in [1.54, 1.807) is 4.98 Å². The highest BCUT2D eigenvalue weighted by Gasteiger charge is 2.21. The minimum atomic E-state index is -2.02. The molecule has 2 aromatic rings. The minimum absolute atomic E-state index is 0.526. The van der Waals surface area contributed by atoms with Crippen molar-refractivity contribution in [2.75, 3.05) is 0 Å². The molecule has 0 saturated carbocycles. The van der Waals surface area contributed by atoms with E-state index in [1.165, 1.54) is 6.07 Å². The smallest absolute Gasteiger partial charge is 0.266 e. The molecule has 1 heterocycles. The normalized spacial score (nSPS) is 10.5. The second-order valence-electron chi connectivity index (χ2n) is 3.17. The van der Waals surface area contributed by atoms with Gasteiger partial charge in [0, 0.05) is 5.39 Å². The van der Waals surface area contributed by atoms with Gasteiger partial charge in [0.1, 0.15) is 11.6 Å². The van der Waals surface area contributed by atoms with E-state index < -0.39 is 45.3 Å². The summed E-state index contributed by atoms with van der Waals surface area (Å²) in [5, 5.41) is 7.81. The second kappa shape index (κ2) is 3.59. The van der Waals surface area contributed by atoms with Crippen LogP contribution in [0.4, 0.5) is 17.6 Å². The van der Waals surface area contributed by atoms with E-state index in [9.17, 15) is 22.4 Å². The largest absolute Gasteiger partial charge is 0.318 e. The fraction of sp³-hybridized carbons (Fsp3) is 0. The fourth-order valence-electron chi connectivity index (χ4n) is 1.38. The Morgan fingerprint density at radius 1 is 1.06 bits per heavy atom. The van der Waals surface area contributed by atoms with Gasteiger partial charge in [0.05, 0.1) is 5.52 Å². The van der Waals surface area contributed by atoms with Crippen molar-refractivity contribution in [2.24, 2.45) is 0 Å². The zero-order valence-electron chi connectivity index (χ0n) is 7.94. The number of halogens is 4. The molecule has 0 aliphatic carbocycles. The maximum absolute atomic E-state index is 13.3. The molecule has 86 valence electrons. The van der Waals surface area contributed by atoms with Crippen LogP contribution in [-0.4, -0.2) is 4.98 Å². The van der Waals surface area contributed by atoms with Gasteiger partial charge in [-0.3, -0.25) is 4.79 Å². The Morgan fingerprint density at radius 3 is 2.24 bits per heavy atom. The Morgan fingerprint density at radius 2 is 1.65 bits per heavy atom. The summed E-state index contributed by atoms with van der Waals surface area (Å²) in [6, 6.07) is 2.08. The predicted octanol–water partition coefficient (Wildman–Crippen LogP) is 1.96. The van der Waals surface area contributed by atoms with Gasteiger partial charge in [0.25, 0.3) is 5.56 Å². The fourth-order valence-corrected chi connectivity index (χ4v) is 1.38. The third-order valence-electron chi connectivity index (χ3n) is 2.20. The Kier molecular flexibility index (Phi) is 2.35. The number of rotatable bonds is 0. The Balaban J connectivity index is 3.08. The number of H-pyrrole nitrogens is 1. The highest BCUT2D eigenvalue weighted by atomic mass is 19.2. The number of aromatic amines is 1. The molecule has 7 heteroatoms. The summed E-state index contributed by atoms with van der Waals surface area (Å²) < 4.78 is 52.2. The van der Waals surface area contributed by atoms with Gasteiger partial charge in [0.2, 0.25) is 0 Å². The molecule has 17 heavy (non-hydrogen) atoms. The van der Waals surface area contributed by atoms with E-state index in [2.05, 4.69) is 0 Å². The van der Waals surface area contributed by atoms with Crippen molar-refractivity contribution in [1.82, 2.24) is 4.98 Å². The standard InChI is InChI=1S/C10H2F4N2O/c11-5-4-1-3(2-15)10(17)16-9(4)8(14)7(13)6(5)12/h1H,(H,16,17). The summed E-state index contributed by atoms with van der Waals surface area (Å²) >= 11 is 0. The highest BCUT2D eigenvalue weighted by molar-refractivity contribution is 5.81. The number of pyridine rings is 1. The summed E-state index contributed by atoms with van der Waals surface area (Å²) in [5.41, 5.74) is -2.35. The molecule has 1 aromatic heterocycles. The maximum atomic E-state index is 13.3. The predicted molar refractivity (Wildman–Crippen MR) is 49.1 cm³/mol. The van der Waals surface area contributed by atoms with Crippen molar-refractivity contribution >= 4 is 10.9 Å². The monoisotopic (exact) mass is 242 g/mol. The van der Waals surface area contributed by atoms with Crippen LogP contribution in [0.25, 0.3) is 10.9 Å². The second-order valence-corrected chi connectivity index (χ2v) is 3.17. The lowest BCUT2D eigenvalue weighted by Gasteiger charge is -2.04. The van der Waals surface area contributed by atoms with Gasteiger partial charge in [0.15, 0.2) is 23.3 Å². The number of benzene rings is 1. The van der Waals surface area contributed by atoms with Crippen LogP contribution in [0.3, 0.4) is 0 Å². The first-order valence-corrected chi connectivity index (χ1v) is 4.26. The van der Waals surface area contributed by atoms with Crippen LogP contribution < -0.4 is 5.56 Å². The van der Waals surface area contributed by atoms with E-state index in [0.717, 1.165) is 0 Å². The zero-order chi connectivity index (χ0) is 12.7. The molecule has 2 rings (SSSR count). The van der Waals surface area contributed by atoms with E-state index in [-0.39, 0.29) is 0 Å². The van der Waals surface area contributed by atoms with Crippen LogP contribution >= 0.6 is 0 Å². The SMILES string of the molecule is N#Cc1cc2c(F)c(F)c(F)c(F)c2[nH]c1=O. The molecule has 0 spiro atoms. The molecule has 0 bridgehead atoms. The van der Waals surface area contributed by atoms with Crippen LogP contribution in [0.1, 0.15) is 5.56 Å². The molecule has 1 N–H and O–H groups in total. The molecule has 0 unspecified atom stereocenters. The van der Waals surface area contributed by atoms with Crippen molar-refractivity contribution in [3.8, 4) is 6.07 Å². The molecule has 3 nitrogen and oxygen atoms in total.